The summed E-state index contributed by atoms with van der Waals surface area (Å²) in [5.41, 5.74) is -0.333. The number of ether oxygens (including phenoxy) is 1. The Balaban J connectivity index is 2.24. The first-order valence-electron chi connectivity index (χ1n) is 6.43. The van der Waals surface area contributed by atoms with E-state index in [1.807, 2.05) is 0 Å². The lowest BCUT2D eigenvalue weighted by molar-refractivity contribution is -0.131. The molecule has 0 N–H and O–H groups in total. The predicted molar refractivity (Wildman–Crippen MR) is 77.0 cm³/mol. The van der Waals surface area contributed by atoms with E-state index in [-0.39, 0.29) is 22.5 Å². The summed E-state index contributed by atoms with van der Waals surface area (Å²) in [6.07, 6.45) is 0. The second kappa shape index (κ2) is 5.40. The van der Waals surface area contributed by atoms with Crippen molar-refractivity contribution in [3.05, 3.63) is 58.7 Å². The average Bonchev–Trinajstić information content (AvgIpc) is 2.47. The van der Waals surface area contributed by atoms with Crippen molar-refractivity contribution in [2.45, 2.75) is 6.92 Å². The van der Waals surface area contributed by atoms with Crippen LogP contribution in [0.15, 0.2) is 51.7 Å². The molecular weight excluding hydrogens is 289 g/mol. The van der Waals surface area contributed by atoms with Crippen LogP contribution in [0.5, 0.6) is 5.75 Å². The van der Waals surface area contributed by atoms with E-state index in [1.54, 1.807) is 24.3 Å². The van der Waals surface area contributed by atoms with E-state index in [2.05, 4.69) is 4.98 Å². The highest BCUT2D eigenvalue weighted by Gasteiger charge is 2.15. The van der Waals surface area contributed by atoms with Crippen LogP contribution in [0, 0.1) is 5.82 Å². The monoisotopic (exact) mass is 299 g/mol. The molecule has 0 aliphatic rings. The fourth-order valence-corrected chi connectivity index (χ4v) is 2.08. The Labute approximate surface area is 124 Å². The van der Waals surface area contributed by atoms with Crippen LogP contribution in [-0.2, 0) is 4.79 Å². The molecule has 0 unspecified atom stereocenters. The highest BCUT2D eigenvalue weighted by Crippen LogP contribution is 2.29. The Bertz CT molecular complexity index is 933. The van der Waals surface area contributed by atoms with E-state index in [9.17, 15) is 14.0 Å². The molecule has 2 aromatic carbocycles. The van der Waals surface area contributed by atoms with Gasteiger partial charge in [0, 0.05) is 6.92 Å². The number of fused-ring (bicyclic) bond motifs is 1. The highest BCUT2D eigenvalue weighted by atomic mass is 19.1. The van der Waals surface area contributed by atoms with Gasteiger partial charge in [0.15, 0.2) is 0 Å². The van der Waals surface area contributed by atoms with Crippen LogP contribution in [0.4, 0.5) is 4.39 Å². The fraction of sp³-hybridized carbons (Fsp3) is 0.0625. The maximum atomic E-state index is 13.7. The number of carbonyl (C=O) groups excluding carboxylic acids is 1. The fourth-order valence-electron chi connectivity index (χ4n) is 2.08. The van der Waals surface area contributed by atoms with Crippen molar-refractivity contribution in [2.24, 2.45) is 0 Å². The third-order valence-electron chi connectivity index (χ3n) is 2.98. The number of esters is 1. The van der Waals surface area contributed by atoms with E-state index < -0.39 is 17.4 Å². The molecular formula is C16H10FNO4. The molecule has 3 rings (SSSR count). The molecule has 0 fully saturated rings. The normalized spacial score (nSPS) is 10.6. The first-order chi connectivity index (χ1) is 10.6. The van der Waals surface area contributed by atoms with E-state index in [1.165, 1.54) is 19.1 Å². The number of halogens is 1. The zero-order valence-electron chi connectivity index (χ0n) is 11.5. The molecule has 0 aliphatic carbocycles. The summed E-state index contributed by atoms with van der Waals surface area (Å²) in [4.78, 5) is 27.2. The van der Waals surface area contributed by atoms with Gasteiger partial charge >= 0.3 is 11.6 Å². The summed E-state index contributed by atoms with van der Waals surface area (Å²) in [5, 5.41) is -0.212. The summed E-state index contributed by atoms with van der Waals surface area (Å²) in [7, 11) is 0. The van der Waals surface area contributed by atoms with Crippen molar-refractivity contribution >= 4 is 16.9 Å². The van der Waals surface area contributed by atoms with Crippen molar-refractivity contribution in [2.75, 3.05) is 0 Å². The number of hydrogen-bond acceptors (Lipinski definition) is 5. The van der Waals surface area contributed by atoms with E-state index in [4.69, 9.17) is 9.15 Å². The minimum atomic E-state index is -0.837. The van der Waals surface area contributed by atoms with Gasteiger partial charge in [-0.15, -0.1) is 0 Å². The second-order valence-corrected chi connectivity index (χ2v) is 4.53. The number of nitrogens with zero attached hydrogens (tertiary/aromatic N) is 1. The third-order valence-corrected chi connectivity index (χ3v) is 2.98. The topological polar surface area (TPSA) is 69.4 Å². The van der Waals surface area contributed by atoms with Crippen LogP contribution in [0.3, 0.4) is 0 Å². The zero-order valence-corrected chi connectivity index (χ0v) is 11.5. The summed E-state index contributed by atoms with van der Waals surface area (Å²) in [6, 6.07) is 10.6. The van der Waals surface area contributed by atoms with Gasteiger partial charge in [0.2, 0.25) is 5.89 Å². The maximum Gasteiger partial charge on any atom is 0.350 e. The summed E-state index contributed by atoms with van der Waals surface area (Å²) < 4.78 is 23.8. The minimum Gasteiger partial charge on any atom is -0.426 e. The number of aromatic nitrogens is 1. The van der Waals surface area contributed by atoms with Crippen molar-refractivity contribution in [1.29, 1.82) is 0 Å². The molecule has 110 valence electrons. The maximum absolute atomic E-state index is 13.7. The number of hydrogen-bond donors (Lipinski definition) is 0. The molecule has 0 saturated carbocycles. The van der Waals surface area contributed by atoms with Gasteiger partial charge in [0.05, 0.1) is 11.1 Å². The van der Waals surface area contributed by atoms with Crippen molar-refractivity contribution in [3.63, 3.8) is 0 Å². The zero-order chi connectivity index (χ0) is 15.7. The lowest BCUT2D eigenvalue weighted by atomic mass is 10.2. The van der Waals surface area contributed by atoms with Crippen LogP contribution < -0.4 is 10.4 Å². The van der Waals surface area contributed by atoms with Crippen LogP contribution in [0.25, 0.3) is 22.4 Å². The molecule has 6 heteroatoms. The summed E-state index contributed by atoms with van der Waals surface area (Å²) >= 11 is 0. The second-order valence-electron chi connectivity index (χ2n) is 4.53. The molecule has 0 aliphatic heterocycles. The van der Waals surface area contributed by atoms with Gasteiger partial charge in [-0.25, -0.2) is 14.2 Å². The van der Waals surface area contributed by atoms with Crippen LogP contribution in [0.2, 0.25) is 0 Å². The Morgan fingerprint density at radius 1 is 1.18 bits per heavy atom. The van der Waals surface area contributed by atoms with Gasteiger partial charge in [-0.1, -0.05) is 18.2 Å². The molecule has 0 spiro atoms. The third kappa shape index (κ3) is 2.46. The summed E-state index contributed by atoms with van der Waals surface area (Å²) in [6.45, 7) is 1.26. The minimum absolute atomic E-state index is 0.0417. The number of carbonyl (C=O) groups is 1. The number of para-hydroxylation sites is 1. The quantitative estimate of drug-likeness (QED) is 0.537. The molecule has 0 saturated heterocycles. The van der Waals surface area contributed by atoms with Gasteiger partial charge in [-0.3, -0.25) is 4.79 Å². The molecule has 0 atom stereocenters. The van der Waals surface area contributed by atoms with Gasteiger partial charge in [-0.05, 0) is 24.3 Å². The standard InChI is InChI=1S/C16H10FNO4/c1-9(19)21-13-8-3-2-5-10(13)15-18-12-7-4-6-11(17)14(12)16(20)22-15/h2-8H,1H3. The first kappa shape index (κ1) is 13.9. The smallest absolute Gasteiger partial charge is 0.350 e. The molecule has 5 nitrogen and oxygen atoms in total. The molecule has 1 aromatic heterocycles. The number of rotatable bonds is 2. The van der Waals surface area contributed by atoms with E-state index in [0.717, 1.165) is 6.07 Å². The van der Waals surface area contributed by atoms with Gasteiger partial charge < -0.3 is 9.15 Å². The van der Waals surface area contributed by atoms with E-state index >= 15 is 0 Å². The average molecular weight is 299 g/mol. The number of benzene rings is 2. The molecule has 0 bridgehead atoms. The van der Waals surface area contributed by atoms with Crippen molar-refractivity contribution in [3.8, 4) is 17.2 Å². The van der Waals surface area contributed by atoms with Crippen LogP contribution in [-0.4, -0.2) is 11.0 Å². The SMILES string of the molecule is CC(=O)Oc1ccccc1-c1nc2cccc(F)c2c(=O)o1. The predicted octanol–water partition coefficient (Wildman–Crippen LogP) is 2.92. The van der Waals surface area contributed by atoms with Gasteiger partial charge in [-0.2, -0.15) is 0 Å². The van der Waals surface area contributed by atoms with Crippen molar-refractivity contribution < 1.29 is 18.3 Å². The highest BCUT2D eigenvalue weighted by molar-refractivity contribution is 5.80. The molecule has 3 aromatic rings. The van der Waals surface area contributed by atoms with E-state index in [0.29, 0.717) is 5.56 Å². The van der Waals surface area contributed by atoms with Crippen molar-refractivity contribution in [1.82, 2.24) is 4.98 Å². The molecule has 1 heterocycles. The molecule has 22 heavy (non-hydrogen) atoms. The van der Waals surface area contributed by atoms with Gasteiger partial charge in [0.25, 0.3) is 0 Å². The Morgan fingerprint density at radius 3 is 2.73 bits per heavy atom. The Morgan fingerprint density at radius 2 is 1.95 bits per heavy atom. The lowest BCUT2D eigenvalue weighted by Crippen LogP contribution is -2.07. The lowest BCUT2D eigenvalue weighted by Gasteiger charge is -2.07. The summed E-state index contributed by atoms with van der Waals surface area (Å²) in [5.74, 6) is -1.04. The largest absolute Gasteiger partial charge is 0.426 e. The van der Waals surface area contributed by atoms with Crippen LogP contribution in [0.1, 0.15) is 6.92 Å². The Kier molecular flexibility index (Phi) is 3.42. The Hall–Kier alpha value is -3.02. The first-order valence-corrected chi connectivity index (χ1v) is 6.43. The van der Waals surface area contributed by atoms with Gasteiger partial charge in [0.1, 0.15) is 17.0 Å². The molecule has 0 amide bonds. The molecule has 0 radical (unpaired) electrons. The van der Waals surface area contributed by atoms with Crippen LogP contribution >= 0.6 is 0 Å².